The number of rotatable bonds is 6. The highest BCUT2D eigenvalue weighted by atomic mass is 32.2. The maximum atomic E-state index is 12.4. The molecule has 146 valence electrons. The number of benzene rings is 2. The van der Waals surface area contributed by atoms with Crippen molar-refractivity contribution in [2.24, 2.45) is 0 Å². The Morgan fingerprint density at radius 2 is 1.93 bits per heavy atom. The highest BCUT2D eigenvalue weighted by Gasteiger charge is 2.19. The summed E-state index contributed by atoms with van der Waals surface area (Å²) in [6, 6.07) is 11.6. The van der Waals surface area contributed by atoms with E-state index in [1.165, 1.54) is 6.07 Å². The minimum Gasteiger partial charge on any atom is -0.441 e. The van der Waals surface area contributed by atoms with Gasteiger partial charge in [-0.2, -0.15) is 9.40 Å². The van der Waals surface area contributed by atoms with Gasteiger partial charge in [-0.15, -0.1) is 5.10 Å². The van der Waals surface area contributed by atoms with Gasteiger partial charge >= 0.3 is 5.97 Å². The van der Waals surface area contributed by atoms with E-state index in [2.05, 4.69) is 15.0 Å². The molecule has 0 unspecified atom stereocenters. The minimum absolute atomic E-state index is 0.0944. The van der Waals surface area contributed by atoms with Gasteiger partial charge in [0.25, 0.3) is 5.56 Å². The molecule has 0 aliphatic carbocycles. The van der Waals surface area contributed by atoms with Crippen LogP contribution in [-0.4, -0.2) is 35.9 Å². The molecule has 10 heteroatoms. The number of fused-ring (bicyclic) bond motifs is 1. The van der Waals surface area contributed by atoms with Gasteiger partial charge in [-0.05, 0) is 43.2 Å². The quantitative estimate of drug-likeness (QED) is 0.608. The van der Waals surface area contributed by atoms with Gasteiger partial charge in [0.1, 0.15) is 12.1 Å². The monoisotopic (exact) mass is 402 g/mol. The Balaban J connectivity index is 1.64. The van der Waals surface area contributed by atoms with Gasteiger partial charge in [-0.3, -0.25) is 9.59 Å². The molecule has 0 aliphatic rings. The molecule has 3 aromatic rings. The first-order valence-electron chi connectivity index (χ1n) is 8.33. The van der Waals surface area contributed by atoms with Crippen molar-refractivity contribution in [1.29, 1.82) is 0 Å². The largest absolute Gasteiger partial charge is 0.441 e. The summed E-state index contributed by atoms with van der Waals surface area (Å²) in [6.45, 7) is 2.39. The van der Waals surface area contributed by atoms with Crippen molar-refractivity contribution in [1.82, 2.24) is 19.7 Å². The lowest BCUT2D eigenvalue weighted by molar-refractivity contribution is -0.146. The van der Waals surface area contributed by atoms with Crippen LogP contribution in [0.4, 0.5) is 0 Å². The van der Waals surface area contributed by atoms with Crippen LogP contribution >= 0.6 is 0 Å². The van der Waals surface area contributed by atoms with Crippen LogP contribution < -0.4 is 10.3 Å². The maximum absolute atomic E-state index is 12.4. The van der Waals surface area contributed by atoms with E-state index in [-0.39, 0.29) is 4.90 Å². The number of carbonyl (C=O) groups excluding carboxylic acids is 1. The van der Waals surface area contributed by atoms with E-state index < -0.39 is 34.8 Å². The van der Waals surface area contributed by atoms with Gasteiger partial charge in [0.05, 0.1) is 10.3 Å². The van der Waals surface area contributed by atoms with Crippen LogP contribution in [0.1, 0.15) is 11.1 Å². The molecule has 0 aliphatic heterocycles. The lowest BCUT2D eigenvalue weighted by Crippen LogP contribution is -2.33. The molecule has 1 heterocycles. The summed E-state index contributed by atoms with van der Waals surface area (Å²) in [5.41, 5.74) is 1.30. The molecule has 3 rings (SSSR count). The maximum Gasteiger partial charge on any atom is 0.322 e. The Bertz CT molecular complexity index is 1200. The van der Waals surface area contributed by atoms with Crippen LogP contribution in [0.3, 0.4) is 0 Å². The average molecular weight is 402 g/mol. The van der Waals surface area contributed by atoms with Crippen LogP contribution in [-0.2, 0) is 26.3 Å². The second kappa shape index (κ2) is 7.87. The molecule has 0 saturated carbocycles. The molecule has 0 saturated heterocycles. The first-order chi connectivity index (χ1) is 13.3. The molecule has 2 aromatic carbocycles. The number of hydrogen-bond donors (Lipinski definition) is 1. The number of aryl methyl sites for hydroxylation is 2. The molecular formula is C18H18N4O5S. The van der Waals surface area contributed by atoms with Crippen molar-refractivity contribution in [2.45, 2.75) is 25.5 Å². The van der Waals surface area contributed by atoms with Gasteiger partial charge in [-0.1, -0.05) is 29.5 Å². The van der Waals surface area contributed by atoms with Crippen molar-refractivity contribution in [3.63, 3.8) is 0 Å². The van der Waals surface area contributed by atoms with Gasteiger partial charge in [0, 0.05) is 0 Å². The number of sulfonamides is 1. The topological polar surface area (TPSA) is 120 Å². The Kier molecular flexibility index (Phi) is 5.52. The molecule has 0 radical (unpaired) electrons. The number of hydrogen-bond acceptors (Lipinski definition) is 7. The Morgan fingerprint density at radius 3 is 2.71 bits per heavy atom. The van der Waals surface area contributed by atoms with Gasteiger partial charge in [0.2, 0.25) is 10.0 Å². The van der Waals surface area contributed by atoms with Crippen molar-refractivity contribution in [3.05, 3.63) is 63.9 Å². The summed E-state index contributed by atoms with van der Waals surface area (Å²) in [7, 11) is -3.88. The predicted octanol–water partition coefficient (Wildman–Crippen LogP) is 0.888. The molecule has 0 amide bonds. The van der Waals surface area contributed by atoms with E-state index >= 15 is 0 Å². The highest BCUT2D eigenvalue weighted by molar-refractivity contribution is 7.89. The second-order valence-corrected chi connectivity index (χ2v) is 7.89. The average Bonchev–Trinajstić information content (AvgIpc) is 2.68. The summed E-state index contributed by atoms with van der Waals surface area (Å²) >= 11 is 0. The van der Waals surface area contributed by atoms with Crippen LogP contribution in [0, 0.1) is 13.8 Å². The number of aromatic nitrogens is 3. The second-order valence-electron chi connectivity index (χ2n) is 6.15. The first kappa shape index (κ1) is 19.6. The van der Waals surface area contributed by atoms with Crippen molar-refractivity contribution >= 4 is 26.9 Å². The molecule has 1 N–H and O–H groups in total. The Hall–Kier alpha value is -3.11. The predicted molar refractivity (Wildman–Crippen MR) is 101 cm³/mol. The smallest absolute Gasteiger partial charge is 0.322 e. The molecule has 0 spiro atoms. The fourth-order valence-corrected chi connectivity index (χ4v) is 3.82. The van der Waals surface area contributed by atoms with Crippen LogP contribution in [0.2, 0.25) is 0 Å². The number of nitrogens with zero attached hydrogens (tertiary/aromatic N) is 3. The molecule has 1 aromatic heterocycles. The third-order valence-corrected chi connectivity index (χ3v) is 5.56. The number of ether oxygens (including phenoxy) is 1. The van der Waals surface area contributed by atoms with Gasteiger partial charge in [-0.25, -0.2) is 8.42 Å². The molecule has 0 fully saturated rings. The Labute approximate surface area is 161 Å². The lowest BCUT2D eigenvalue weighted by Gasteiger charge is -2.10. The van der Waals surface area contributed by atoms with Crippen molar-refractivity contribution < 1.29 is 17.9 Å². The lowest BCUT2D eigenvalue weighted by atomic mass is 10.2. The van der Waals surface area contributed by atoms with E-state index in [1.807, 2.05) is 0 Å². The minimum atomic E-state index is -3.88. The fraction of sp³-hybridized carbons (Fsp3) is 0.222. The van der Waals surface area contributed by atoms with E-state index in [1.54, 1.807) is 50.2 Å². The Morgan fingerprint density at radius 1 is 1.18 bits per heavy atom. The van der Waals surface area contributed by atoms with Gasteiger partial charge in [0.15, 0.2) is 6.73 Å². The molecule has 9 nitrogen and oxygen atoms in total. The van der Waals surface area contributed by atoms with Gasteiger partial charge < -0.3 is 4.74 Å². The molecule has 28 heavy (non-hydrogen) atoms. The summed E-state index contributed by atoms with van der Waals surface area (Å²) < 4.78 is 32.8. The zero-order chi connectivity index (χ0) is 20.3. The highest BCUT2D eigenvalue weighted by Crippen LogP contribution is 2.16. The molecular weight excluding hydrogens is 384 g/mol. The normalized spacial score (nSPS) is 11.5. The van der Waals surface area contributed by atoms with E-state index in [0.717, 1.165) is 10.2 Å². The SMILES string of the molecule is Cc1ccc(C)c(S(=O)(=O)NCC(=O)OCn2nnc3ccccc3c2=O)c1. The standard InChI is InChI=1S/C18H18N4O5S/c1-12-7-8-13(2)16(9-12)28(25,26)19-10-17(23)27-11-22-18(24)14-5-3-4-6-15(14)20-21-22/h3-9,19H,10-11H2,1-2H3. The number of esters is 1. The summed E-state index contributed by atoms with van der Waals surface area (Å²) in [6.07, 6.45) is 0. The van der Waals surface area contributed by atoms with E-state index in [9.17, 15) is 18.0 Å². The van der Waals surface area contributed by atoms with E-state index in [4.69, 9.17) is 4.74 Å². The third kappa shape index (κ3) is 4.24. The zero-order valence-corrected chi connectivity index (χ0v) is 16.1. The third-order valence-electron chi connectivity index (χ3n) is 4.02. The van der Waals surface area contributed by atoms with Crippen molar-refractivity contribution in [3.8, 4) is 0 Å². The summed E-state index contributed by atoms with van der Waals surface area (Å²) in [4.78, 5) is 24.3. The number of carbonyl (C=O) groups is 1. The van der Waals surface area contributed by atoms with E-state index in [0.29, 0.717) is 16.5 Å². The van der Waals surface area contributed by atoms with Crippen LogP contribution in [0.5, 0.6) is 0 Å². The first-order valence-corrected chi connectivity index (χ1v) is 9.81. The number of nitrogens with one attached hydrogen (secondary N) is 1. The fourth-order valence-electron chi connectivity index (χ4n) is 2.52. The molecule has 0 atom stereocenters. The molecule has 0 bridgehead atoms. The van der Waals surface area contributed by atoms with Crippen LogP contribution in [0.15, 0.2) is 52.2 Å². The zero-order valence-electron chi connectivity index (χ0n) is 15.2. The summed E-state index contributed by atoms with van der Waals surface area (Å²) in [5, 5.41) is 7.90. The van der Waals surface area contributed by atoms with Crippen molar-refractivity contribution in [2.75, 3.05) is 6.54 Å². The van der Waals surface area contributed by atoms with Crippen LogP contribution in [0.25, 0.3) is 10.9 Å². The summed E-state index contributed by atoms with van der Waals surface area (Å²) in [5.74, 6) is -0.851.